The summed E-state index contributed by atoms with van der Waals surface area (Å²) < 4.78 is 31.6. The first-order valence-electron chi connectivity index (χ1n) is 9.34. The smallest absolute Gasteiger partial charge is 0.337 e. The Morgan fingerprint density at radius 3 is 2.53 bits per heavy atom. The lowest BCUT2D eigenvalue weighted by Gasteiger charge is -2.30. The van der Waals surface area contributed by atoms with Gasteiger partial charge in [-0.3, -0.25) is 4.79 Å². The summed E-state index contributed by atoms with van der Waals surface area (Å²) in [6.45, 7) is 2.21. The third-order valence-electron chi connectivity index (χ3n) is 5.07. The fourth-order valence-electron chi connectivity index (χ4n) is 3.34. The van der Waals surface area contributed by atoms with Crippen molar-refractivity contribution in [2.75, 3.05) is 25.5 Å². The van der Waals surface area contributed by atoms with E-state index >= 15 is 0 Å². The molecule has 1 saturated heterocycles. The van der Waals surface area contributed by atoms with Crippen LogP contribution in [0.25, 0.3) is 0 Å². The molecule has 0 unspecified atom stereocenters. The second-order valence-corrected chi connectivity index (χ2v) is 9.25. The third-order valence-corrected chi connectivity index (χ3v) is 7.42. The van der Waals surface area contributed by atoms with E-state index in [1.165, 1.54) is 29.7 Å². The molecule has 1 amide bonds. The molecule has 1 N–H and O–H groups in total. The molecule has 0 aliphatic carbocycles. The van der Waals surface area contributed by atoms with Crippen molar-refractivity contribution < 1.29 is 22.7 Å². The lowest BCUT2D eigenvalue weighted by molar-refractivity contribution is -0.120. The maximum atomic E-state index is 12.8. The molecule has 0 saturated carbocycles. The number of rotatable bonds is 5. The number of hydrogen-bond donors (Lipinski definition) is 1. The van der Waals surface area contributed by atoms with Crippen molar-refractivity contribution in [3.63, 3.8) is 0 Å². The molecule has 2 aromatic rings. The van der Waals surface area contributed by atoms with Crippen LogP contribution in [-0.2, 0) is 19.6 Å². The zero-order valence-electron chi connectivity index (χ0n) is 16.6. The summed E-state index contributed by atoms with van der Waals surface area (Å²) in [7, 11) is -2.45. The summed E-state index contributed by atoms with van der Waals surface area (Å²) in [6, 6.07) is 7.83. The summed E-state index contributed by atoms with van der Waals surface area (Å²) in [4.78, 5) is 28.1. The minimum Gasteiger partial charge on any atom is -0.465 e. The minimum absolute atomic E-state index is 0.0316. The van der Waals surface area contributed by atoms with Gasteiger partial charge in [0.1, 0.15) is 10.0 Å². The Labute approximate surface area is 180 Å². The van der Waals surface area contributed by atoms with Crippen molar-refractivity contribution in [2.24, 2.45) is 5.92 Å². The number of nitrogens with zero attached hydrogens (tertiary/aromatic N) is 2. The predicted octanol–water partition coefficient (Wildman–Crippen LogP) is 2.87. The van der Waals surface area contributed by atoms with E-state index in [0.717, 1.165) is 5.56 Å². The van der Waals surface area contributed by atoms with E-state index in [1.807, 2.05) is 0 Å². The highest BCUT2D eigenvalue weighted by molar-refractivity contribution is 7.89. The average Bonchev–Trinajstić information content (AvgIpc) is 2.74. The molecule has 3 rings (SSSR count). The zero-order valence-corrected chi connectivity index (χ0v) is 18.2. The van der Waals surface area contributed by atoms with E-state index in [2.05, 4.69) is 10.3 Å². The van der Waals surface area contributed by atoms with Gasteiger partial charge in [0.15, 0.2) is 0 Å². The molecule has 0 bridgehead atoms. The number of nitrogens with one attached hydrogen (secondary N) is 1. The molecule has 1 aromatic carbocycles. The van der Waals surface area contributed by atoms with Gasteiger partial charge >= 0.3 is 5.97 Å². The second kappa shape index (κ2) is 9.11. The van der Waals surface area contributed by atoms with Gasteiger partial charge in [0, 0.05) is 30.9 Å². The predicted molar refractivity (Wildman–Crippen MR) is 112 cm³/mol. The summed E-state index contributed by atoms with van der Waals surface area (Å²) in [6.07, 6.45) is 2.21. The van der Waals surface area contributed by atoms with Crippen molar-refractivity contribution >= 4 is 39.2 Å². The molecule has 0 spiro atoms. The van der Waals surface area contributed by atoms with Crippen LogP contribution in [0.1, 0.15) is 28.8 Å². The highest BCUT2D eigenvalue weighted by Gasteiger charge is 2.33. The summed E-state index contributed by atoms with van der Waals surface area (Å²) in [5, 5.41) is 2.80. The normalized spacial score (nSPS) is 15.6. The first-order chi connectivity index (χ1) is 14.2. The first kappa shape index (κ1) is 22.2. The molecule has 1 fully saturated rings. The highest BCUT2D eigenvalue weighted by Crippen LogP contribution is 2.28. The number of carbonyl (C=O) groups is 2. The molecule has 1 aliphatic heterocycles. The van der Waals surface area contributed by atoms with E-state index in [9.17, 15) is 18.0 Å². The van der Waals surface area contributed by atoms with Crippen molar-refractivity contribution in [1.29, 1.82) is 0 Å². The van der Waals surface area contributed by atoms with E-state index in [0.29, 0.717) is 24.1 Å². The van der Waals surface area contributed by atoms with Crippen LogP contribution in [0.15, 0.2) is 41.4 Å². The van der Waals surface area contributed by atoms with E-state index < -0.39 is 16.0 Å². The molecule has 1 aromatic heterocycles. The molecule has 30 heavy (non-hydrogen) atoms. The van der Waals surface area contributed by atoms with Gasteiger partial charge in [-0.15, -0.1) is 0 Å². The number of carbonyl (C=O) groups excluding carboxylic acids is 2. The number of benzene rings is 1. The first-order valence-corrected chi connectivity index (χ1v) is 11.2. The minimum atomic E-state index is -3.76. The number of anilines is 1. The quantitative estimate of drug-likeness (QED) is 0.553. The number of sulfonamides is 1. The van der Waals surface area contributed by atoms with Gasteiger partial charge in [-0.2, -0.15) is 4.31 Å². The summed E-state index contributed by atoms with van der Waals surface area (Å²) in [5.41, 5.74) is 1.74. The van der Waals surface area contributed by atoms with Crippen LogP contribution in [0.4, 0.5) is 5.69 Å². The van der Waals surface area contributed by atoms with Gasteiger partial charge in [0.25, 0.3) is 0 Å². The molecule has 0 radical (unpaired) electrons. The lowest BCUT2D eigenvalue weighted by Crippen LogP contribution is -2.41. The van der Waals surface area contributed by atoms with Crippen LogP contribution in [-0.4, -0.2) is 49.8 Å². The van der Waals surface area contributed by atoms with Gasteiger partial charge in [-0.05, 0) is 55.7 Å². The van der Waals surface area contributed by atoms with Gasteiger partial charge in [-0.1, -0.05) is 11.6 Å². The van der Waals surface area contributed by atoms with E-state index in [1.54, 1.807) is 25.1 Å². The summed E-state index contributed by atoms with van der Waals surface area (Å²) in [5.74, 6) is -0.945. The maximum absolute atomic E-state index is 12.8. The molecule has 8 nitrogen and oxygen atoms in total. The Balaban J connectivity index is 1.63. The Kier molecular flexibility index (Phi) is 6.74. The number of halogens is 1. The van der Waals surface area contributed by atoms with E-state index in [-0.39, 0.29) is 35.0 Å². The van der Waals surface area contributed by atoms with Crippen molar-refractivity contribution in [2.45, 2.75) is 24.7 Å². The van der Waals surface area contributed by atoms with Crippen LogP contribution in [0.2, 0.25) is 5.15 Å². The van der Waals surface area contributed by atoms with Crippen molar-refractivity contribution in [3.05, 3.63) is 52.8 Å². The Morgan fingerprint density at radius 1 is 1.23 bits per heavy atom. The number of amides is 1. The van der Waals surface area contributed by atoms with Crippen LogP contribution in [0.5, 0.6) is 0 Å². The second-order valence-electron chi connectivity index (χ2n) is 6.98. The Morgan fingerprint density at radius 2 is 1.93 bits per heavy atom. The fourth-order valence-corrected chi connectivity index (χ4v) is 5.24. The lowest BCUT2D eigenvalue weighted by atomic mass is 9.97. The van der Waals surface area contributed by atoms with Gasteiger partial charge in [0.05, 0.1) is 12.7 Å². The van der Waals surface area contributed by atoms with Crippen LogP contribution < -0.4 is 5.32 Å². The number of pyridine rings is 1. The number of ether oxygens (including phenoxy) is 1. The SMILES string of the molecule is COC(=O)c1ccc(NC(=O)C2CCN(S(=O)(=O)c3cccnc3Cl)CC2)c(C)c1. The highest BCUT2D eigenvalue weighted by atomic mass is 35.5. The maximum Gasteiger partial charge on any atom is 0.337 e. The zero-order chi connectivity index (χ0) is 21.9. The average molecular weight is 452 g/mol. The van der Waals surface area contributed by atoms with Crippen LogP contribution in [0.3, 0.4) is 0 Å². The molecular formula is C20H22ClN3O5S. The number of esters is 1. The van der Waals surface area contributed by atoms with Gasteiger partial charge in [0.2, 0.25) is 15.9 Å². The largest absolute Gasteiger partial charge is 0.465 e. The number of aromatic nitrogens is 1. The molecule has 160 valence electrons. The van der Waals surface area contributed by atoms with Gasteiger partial charge < -0.3 is 10.1 Å². The molecule has 1 aliphatic rings. The van der Waals surface area contributed by atoms with Crippen LogP contribution >= 0.6 is 11.6 Å². The van der Waals surface area contributed by atoms with Crippen molar-refractivity contribution in [1.82, 2.24) is 9.29 Å². The standard InChI is InChI=1S/C20H22ClN3O5S/c1-13-12-15(20(26)29-2)5-6-16(13)23-19(25)14-7-10-24(11-8-14)30(27,28)17-4-3-9-22-18(17)21/h3-6,9,12,14H,7-8,10-11H2,1-2H3,(H,23,25). The molecular weight excluding hydrogens is 430 g/mol. The Hall–Kier alpha value is -2.49. The van der Waals surface area contributed by atoms with Crippen molar-refractivity contribution in [3.8, 4) is 0 Å². The number of aryl methyl sites for hydroxylation is 1. The number of hydrogen-bond acceptors (Lipinski definition) is 6. The van der Waals surface area contributed by atoms with E-state index in [4.69, 9.17) is 16.3 Å². The third kappa shape index (κ3) is 4.63. The number of methoxy groups -OCH3 is 1. The topological polar surface area (TPSA) is 106 Å². The fraction of sp³-hybridized carbons (Fsp3) is 0.350. The Bertz CT molecular complexity index is 1070. The van der Waals surface area contributed by atoms with Gasteiger partial charge in [-0.25, -0.2) is 18.2 Å². The molecule has 0 atom stereocenters. The number of piperidine rings is 1. The monoisotopic (exact) mass is 451 g/mol. The summed E-state index contributed by atoms with van der Waals surface area (Å²) >= 11 is 5.94. The van der Waals surface area contributed by atoms with Crippen LogP contribution in [0, 0.1) is 12.8 Å². The molecule has 2 heterocycles. The molecule has 10 heteroatoms.